The van der Waals surface area contributed by atoms with Crippen molar-refractivity contribution >= 4 is 33.2 Å². The molecule has 1 N–H and O–H groups in total. The molecule has 3 rings (SSSR count). The maximum absolute atomic E-state index is 14.3. The number of nitrogens with zero attached hydrogens (tertiary/aromatic N) is 2. The fourth-order valence-electron chi connectivity index (χ4n) is 3.24. The van der Waals surface area contributed by atoms with Crippen LogP contribution in [-0.4, -0.2) is 51.4 Å². The first-order valence-corrected chi connectivity index (χ1v) is 11.2. The average Bonchev–Trinajstić information content (AvgIpc) is 2.67. The lowest BCUT2D eigenvalue weighted by molar-refractivity contribution is 0.0742. The number of anilines is 1. The smallest absolute Gasteiger partial charge is 0.256 e. The number of hydrogen-bond donors (Lipinski definition) is 1. The van der Waals surface area contributed by atoms with E-state index in [4.69, 9.17) is 11.6 Å². The lowest BCUT2D eigenvalue weighted by atomic mass is 10.1. The van der Waals surface area contributed by atoms with Gasteiger partial charge in [0, 0.05) is 32.2 Å². The Kier molecular flexibility index (Phi) is 6.45. The molecule has 1 fully saturated rings. The van der Waals surface area contributed by atoms with Crippen LogP contribution in [0.2, 0.25) is 5.02 Å². The van der Waals surface area contributed by atoms with Gasteiger partial charge in [0.25, 0.3) is 5.91 Å². The second kappa shape index (κ2) is 8.69. The number of rotatable bonds is 5. The van der Waals surface area contributed by atoms with E-state index >= 15 is 0 Å². The molecule has 29 heavy (non-hydrogen) atoms. The van der Waals surface area contributed by atoms with Gasteiger partial charge in [-0.3, -0.25) is 4.79 Å². The van der Waals surface area contributed by atoms with Crippen molar-refractivity contribution in [1.29, 1.82) is 0 Å². The lowest BCUT2D eigenvalue weighted by Crippen LogP contribution is -2.49. The summed E-state index contributed by atoms with van der Waals surface area (Å²) >= 11 is 6.23. The monoisotopic (exact) mass is 439 g/mol. The van der Waals surface area contributed by atoms with E-state index in [1.54, 1.807) is 19.9 Å². The maximum atomic E-state index is 14.3. The first-order chi connectivity index (χ1) is 13.7. The molecule has 156 valence electrons. The molecule has 0 radical (unpaired) electrons. The number of carbonyl (C=O) groups excluding carboxylic acids is 1. The second-order valence-corrected chi connectivity index (χ2v) is 9.27. The molecule has 2 aromatic carbocycles. The normalized spacial score (nSPS) is 15.1. The first kappa shape index (κ1) is 21.5. The number of benzene rings is 2. The number of piperazine rings is 1. The molecule has 2 aromatic rings. The molecule has 1 heterocycles. The Morgan fingerprint density at radius 1 is 1.10 bits per heavy atom. The number of halogens is 2. The topological polar surface area (TPSA) is 69.7 Å². The van der Waals surface area contributed by atoms with Gasteiger partial charge in [-0.05, 0) is 44.2 Å². The molecule has 1 aliphatic rings. The van der Waals surface area contributed by atoms with E-state index in [0.717, 1.165) is 23.9 Å². The number of amides is 1. The van der Waals surface area contributed by atoms with Crippen LogP contribution in [0.4, 0.5) is 10.1 Å². The van der Waals surface area contributed by atoms with Crippen molar-refractivity contribution in [2.75, 3.05) is 31.1 Å². The second-order valence-electron chi connectivity index (χ2n) is 7.15. The zero-order valence-corrected chi connectivity index (χ0v) is 17.8. The predicted molar refractivity (Wildman–Crippen MR) is 111 cm³/mol. The van der Waals surface area contributed by atoms with Crippen LogP contribution in [-0.2, 0) is 10.0 Å². The molecule has 0 bridgehead atoms. The standard InChI is InChI=1S/C20H23ClFN3O3S/c1-14(2)23-29(27,28)15-7-8-18(22)16(13-15)20(26)25-11-9-24(10-12-25)19-6-4-3-5-17(19)21/h3-8,13-14,23H,9-12H2,1-2H3. The quantitative estimate of drug-likeness (QED) is 0.777. The van der Waals surface area contributed by atoms with E-state index < -0.39 is 21.7 Å². The summed E-state index contributed by atoms with van der Waals surface area (Å²) < 4.78 is 41.5. The fraction of sp³-hybridized carbons (Fsp3) is 0.350. The number of hydrogen-bond acceptors (Lipinski definition) is 4. The third-order valence-corrected chi connectivity index (χ3v) is 6.61. The molecule has 1 aliphatic heterocycles. The van der Waals surface area contributed by atoms with Crippen LogP contribution < -0.4 is 9.62 Å². The Bertz CT molecular complexity index is 1010. The van der Waals surface area contributed by atoms with E-state index in [2.05, 4.69) is 9.62 Å². The van der Waals surface area contributed by atoms with Gasteiger partial charge in [0.15, 0.2) is 0 Å². The summed E-state index contributed by atoms with van der Waals surface area (Å²) in [6.45, 7) is 5.22. The molecule has 0 aromatic heterocycles. The Labute approximate surface area is 175 Å². The third-order valence-electron chi connectivity index (χ3n) is 4.63. The molecular weight excluding hydrogens is 417 g/mol. The summed E-state index contributed by atoms with van der Waals surface area (Å²) in [4.78, 5) is 16.3. The van der Waals surface area contributed by atoms with Gasteiger partial charge in [-0.15, -0.1) is 0 Å². The molecule has 0 saturated carbocycles. The van der Waals surface area contributed by atoms with Gasteiger partial charge in [-0.25, -0.2) is 17.5 Å². The van der Waals surface area contributed by atoms with Crippen molar-refractivity contribution in [3.8, 4) is 0 Å². The van der Waals surface area contributed by atoms with Crippen molar-refractivity contribution in [1.82, 2.24) is 9.62 Å². The number of carbonyl (C=O) groups is 1. The minimum Gasteiger partial charge on any atom is -0.367 e. The van der Waals surface area contributed by atoms with Crippen molar-refractivity contribution in [2.24, 2.45) is 0 Å². The average molecular weight is 440 g/mol. The van der Waals surface area contributed by atoms with Crippen LogP contribution in [0.15, 0.2) is 47.4 Å². The molecule has 9 heteroatoms. The van der Waals surface area contributed by atoms with E-state index in [9.17, 15) is 17.6 Å². The van der Waals surface area contributed by atoms with Crippen molar-refractivity contribution in [2.45, 2.75) is 24.8 Å². The van der Waals surface area contributed by atoms with Gasteiger partial charge in [0.1, 0.15) is 5.82 Å². The Balaban J connectivity index is 1.76. The number of para-hydroxylation sites is 1. The largest absolute Gasteiger partial charge is 0.367 e. The minimum atomic E-state index is -3.82. The highest BCUT2D eigenvalue weighted by Gasteiger charge is 2.27. The maximum Gasteiger partial charge on any atom is 0.256 e. The highest BCUT2D eigenvalue weighted by molar-refractivity contribution is 7.89. The number of sulfonamides is 1. The highest BCUT2D eigenvalue weighted by atomic mass is 35.5. The van der Waals surface area contributed by atoms with E-state index in [1.165, 1.54) is 4.90 Å². The number of nitrogens with one attached hydrogen (secondary N) is 1. The third kappa shape index (κ3) is 4.88. The molecule has 0 atom stereocenters. The molecule has 1 amide bonds. The molecule has 0 spiro atoms. The summed E-state index contributed by atoms with van der Waals surface area (Å²) in [7, 11) is -3.82. The van der Waals surface area contributed by atoms with Crippen molar-refractivity contribution in [3.63, 3.8) is 0 Å². The van der Waals surface area contributed by atoms with Gasteiger partial charge >= 0.3 is 0 Å². The lowest BCUT2D eigenvalue weighted by Gasteiger charge is -2.36. The Hall–Kier alpha value is -2.16. The van der Waals surface area contributed by atoms with Crippen LogP contribution in [0.3, 0.4) is 0 Å². The summed E-state index contributed by atoms with van der Waals surface area (Å²) in [6, 6.07) is 10.4. The summed E-state index contributed by atoms with van der Waals surface area (Å²) in [5.41, 5.74) is 0.642. The van der Waals surface area contributed by atoms with Crippen LogP contribution in [0.25, 0.3) is 0 Å². The minimum absolute atomic E-state index is 0.134. The van der Waals surface area contributed by atoms with Crippen LogP contribution in [0, 0.1) is 5.82 Å². The van der Waals surface area contributed by atoms with E-state index in [-0.39, 0.29) is 16.5 Å². The summed E-state index contributed by atoms with van der Waals surface area (Å²) in [5.74, 6) is -1.27. The Morgan fingerprint density at radius 2 is 1.76 bits per heavy atom. The van der Waals surface area contributed by atoms with Gasteiger partial charge in [0.2, 0.25) is 10.0 Å². The zero-order chi connectivity index (χ0) is 21.2. The molecule has 0 aliphatic carbocycles. The fourth-order valence-corrected chi connectivity index (χ4v) is 4.77. The molecule has 1 saturated heterocycles. The predicted octanol–water partition coefficient (Wildman–Crippen LogP) is 3.13. The van der Waals surface area contributed by atoms with Gasteiger partial charge in [-0.2, -0.15) is 0 Å². The summed E-state index contributed by atoms with van der Waals surface area (Å²) in [5, 5.41) is 0.633. The van der Waals surface area contributed by atoms with E-state index in [0.29, 0.717) is 31.2 Å². The molecular formula is C20H23ClFN3O3S. The van der Waals surface area contributed by atoms with Gasteiger partial charge in [0.05, 0.1) is 21.2 Å². The van der Waals surface area contributed by atoms with Crippen LogP contribution in [0.5, 0.6) is 0 Å². The van der Waals surface area contributed by atoms with Crippen molar-refractivity contribution < 1.29 is 17.6 Å². The zero-order valence-electron chi connectivity index (χ0n) is 16.2. The van der Waals surface area contributed by atoms with Gasteiger partial charge < -0.3 is 9.80 Å². The van der Waals surface area contributed by atoms with E-state index in [1.807, 2.05) is 18.2 Å². The highest BCUT2D eigenvalue weighted by Crippen LogP contribution is 2.26. The van der Waals surface area contributed by atoms with Crippen LogP contribution >= 0.6 is 11.6 Å². The van der Waals surface area contributed by atoms with Crippen molar-refractivity contribution in [3.05, 3.63) is 58.9 Å². The molecule has 0 unspecified atom stereocenters. The Morgan fingerprint density at radius 3 is 2.38 bits per heavy atom. The first-order valence-electron chi connectivity index (χ1n) is 9.29. The SMILES string of the molecule is CC(C)NS(=O)(=O)c1ccc(F)c(C(=O)N2CCN(c3ccccc3Cl)CC2)c1. The molecule has 6 nitrogen and oxygen atoms in total. The van der Waals surface area contributed by atoms with Gasteiger partial charge in [-0.1, -0.05) is 23.7 Å². The summed E-state index contributed by atoms with van der Waals surface area (Å²) in [6.07, 6.45) is 0. The van der Waals surface area contributed by atoms with Crippen LogP contribution in [0.1, 0.15) is 24.2 Å².